The van der Waals surface area contributed by atoms with Gasteiger partial charge in [-0.3, -0.25) is 0 Å². The fraction of sp³-hybridized carbons (Fsp3) is 0.800. The van der Waals surface area contributed by atoms with Crippen molar-refractivity contribution < 1.29 is 9.84 Å². The van der Waals surface area contributed by atoms with Crippen molar-refractivity contribution in [3.8, 4) is 0 Å². The second kappa shape index (κ2) is 3.09. The lowest BCUT2D eigenvalue weighted by Crippen LogP contribution is -2.13. The molecule has 0 aromatic carbocycles. The van der Waals surface area contributed by atoms with Gasteiger partial charge in [0.25, 0.3) is 0 Å². The number of hydrogen-bond acceptors (Lipinski definition) is 2. The van der Waals surface area contributed by atoms with Crippen LogP contribution in [0.15, 0.2) is 11.8 Å². The molecule has 0 radical (unpaired) electrons. The molecule has 2 aliphatic carbocycles. The average Bonchev–Trinajstić information content (AvgIpc) is 2.55. The molecular weight excluding hydrogens is 152 g/mol. The summed E-state index contributed by atoms with van der Waals surface area (Å²) in [6, 6.07) is 0. The molecule has 0 spiro atoms. The van der Waals surface area contributed by atoms with Crippen LogP contribution in [-0.2, 0) is 4.74 Å². The van der Waals surface area contributed by atoms with Gasteiger partial charge in [0, 0.05) is 0 Å². The molecule has 2 saturated carbocycles. The summed E-state index contributed by atoms with van der Waals surface area (Å²) in [5.41, 5.74) is 1.38. The molecule has 0 saturated heterocycles. The van der Waals surface area contributed by atoms with Crippen LogP contribution in [0.25, 0.3) is 0 Å². The maximum atomic E-state index is 9.62. The molecule has 0 aromatic heterocycles. The Balaban J connectivity index is 2.03. The van der Waals surface area contributed by atoms with E-state index in [9.17, 15) is 5.11 Å². The van der Waals surface area contributed by atoms with Gasteiger partial charge in [0.15, 0.2) is 0 Å². The molecule has 2 fully saturated rings. The van der Waals surface area contributed by atoms with Gasteiger partial charge in [-0.25, -0.2) is 0 Å². The number of hydrogen-bond donors (Lipinski definition) is 1. The lowest BCUT2D eigenvalue weighted by molar-refractivity contribution is 0.127. The van der Waals surface area contributed by atoms with Crippen molar-refractivity contribution in [3.63, 3.8) is 0 Å². The molecule has 0 heterocycles. The molecule has 12 heavy (non-hydrogen) atoms. The van der Waals surface area contributed by atoms with Crippen LogP contribution < -0.4 is 0 Å². The minimum Gasteiger partial charge on any atom is -0.504 e. The zero-order valence-corrected chi connectivity index (χ0v) is 7.49. The summed E-state index contributed by atoms with van der Waals surface area (Å²) in [4.78, 5) is 0. The average molecular weight is 168 g/mol. The Hall–Kier alpha value is -0.500. The van der Waals surface area contributed by atoms with Crippen LogP contribution >= 0.6 is 0 Å². The van der Waals surface area contributed by atoms with Gasteiger partial charge < -0.3 is 9.84 Å². The molecule has 0 bridgehead atoms. The highest BCUT2D eigenvalue weighted by Gasteiger charge is 2.40. The van der Waals surface area contributed by atoms with Crippen molar-refractivity contribution in [2.75, 3.05) is 7.11 Å². The SMILES string of the molecule is CO/C=C1/C[C@@H]2CC[C@H](O)[C@@H]2C1. The summed E-state index contributed by atoms with van der Waals surface area (Å²) in [7, 11) is 1.69. The zero-order valence-electron chi connectivity index (χ0n) is 7.49. The number of methoxy groups -OCH3 is 1. The first kappa shape index (κ1) is 8.11. The van der Waals surface area contributed by atoms with Gasteiger partial charge in [-0.05, 0) is 43.1 Å². The molecule has 3 atom stereocenters. The maximum Gasteiger partial charge on any atom is 0.0816 e. The minimum absolute atomic E-state index is 0.0437. The number of allylic oxidation sites excluding steroid dienone is 1. The van der Waals surface area contributed by atoms with Crippen molar-refractivity contribution in [1.82, 2.24) is 0 Å². The fourth-order valence-electron chi connectivity index (χ4n) is 2.67. The largest absolute Gasteiger partial charge is 0.504 e. The van der Waals surface area contributed by atoms with Crippen LogP contribution in [0.4, 0.5) is 0 Å². The van der Waals surface area contributed by atoms with Gasteiger partial charge in [0.2, 0.25) is 0 Å². The first-order valence-electron chi connectivity index (χ1n) is 4.70. The van der Waals surface area contributed by atoms with Crippen LogP contribution in [-0.4, -0.2) is 18.3 Å². The standard InChI is InChI=1S/C10H16O2/c1-12-6-7-4-8-2-3-10(11)9(8)5-7/h6,8-11H,2-5H2,1H3/b7-6-/t8-,9+,10-/m0/s1. The molecule has 2 heteroatoms. The Morgan fingerprint density at radius 1 is 1.42 bits per heavy atom. The Labute approximate surface area is 73.2 Å². The first-order valence-corrected chi connectivity index (χ1v) is 4.70. The highest BCUT2D eigenvalue weighted by Crippen LogP contribution is 2.46. The maximum absolute atomic E-state index is 9.62. The molecule has 68 valence electrons. The molecule has 2 nitrogen and oxygen atoms in total. The third-order valence-corrected chi connectivity index (χ3v) is 3.24. The summed E-state index contributed by atoms with van der Waals surface area (Å²) in [6.07, 6.45) is 6.22. The van der Waals surface area contributed by atoms with E-state index in [0.29, 0.717) is 5.92 Å². The zero-order chi connectivity index (χ0) is 8.55. The number of ether oxygens (including phenoxy) is 1. The predicted molar refractivity (Wildman–Crippen MR) is 46.5 cm³/mol. The summed E-state index contributed by atoms with van der Waals surface area (Å²) in [6.45, 7) is 0. The normalized spacial score (nSPS) is 43.5. The summed E-state index contributed by atoms with van der Waals surface area (Å²) >= 11 is 0. The van der Waals surface area contributed by atoms with E-state index >= 15 is 0 Å². The van der Waals surface area contributed by atoms with Gasteiger partial charge >= 0.3 is 0 Å². The van der Waals surface area contributed by atoms with Gasteiger partial charge in [-0.15, -0.1) is 0 Å². The Kier molecular flexibility index (Phi) is 2.09. The fourth-order valence-corrected chi connectivity index (χ4v) is 2.67. The predicted octanol–water partition coefficient (Wildman–Crippen LogP) is 1.70. The molecule has 0 amide bonds. The second-order valence-electron chi connectivity index (χ2n) is 3.99. The van der Waals surface area contributed by atoms with Gasteiger partial charge in [0.05, 0.1) is 19.5 Å². The summed E-state index contributed by atoms with van der Waals surface area (Å²) in [5, 5.41) is 9.62. The van der Waals surface area contributed by atoms with Crippen LogP contribution in [0, 0.1) is 11.8 Å². The van der Waals surface area contributed by atoms with E-state index in [1.807, 2.05) is 6.26 Å². The Morgan fingerprint density at radius 3 is 2.92 bits per heavy atom. The second-order valence-corrected chi connectivity index (χ2v) is 3.99. The van der Waals surface area contributed by atoms with Crippen LogP contribution in [0.3, 0.4) is 0 Å². The van der Waals surface area contributed by atoms with E-state index in [2.05, 4.69) is 0 Å². The van der Waals surface area contributed by atoms with E-state index < -0.39 is 0 Å². The van der Waals surface area contributed by atoms with E-state index in [4.69, 9.17) is 4.74 Å². The highest BCUT2D eigenvalue weighted by molar-refractivity contribution is 5.11. The number of rotatable bonds is 1. The number of fused-ring (bicyclic) bond motifs is 1. The van der Waals surface area contributed by atoms with Crippen molar-refractivity contribution in [1.29, 1.82) is 0 Å². The molecule has 1 N–H and O–H groups in total. The van der Waals surface area contributed by atoms with Gasteiger partial charge in [0.1, 0.15) is 0 Å². The molecule has 0 aliphatic heterocycles. The van der Waals surface area contributed by atoms with Crippen LogP contribution in [0.1, 0.15) is 25.7 Å². The third kappa shape index (κ3) is 1.24. The molecule has 2 rings (SSSR count). The topological polar surface area (TPSA) is 29.5 Å². The summed E-state index contributed by atoms with van der Waals surface area (Å²) < 4.78 is 4.98. The van der Waals surface area contributed by atoms with E-state index in [1.165, 1.54) is 12.0 Å². The smallest absolute Gasteiger partial charge is 0.0816 e. The minimum atomic E-state index is -0.0437. The molecule has 0 aromatic rings. The van der Waals surface area contributed by atoms with Gasteiger partial charge in [-0.2, -0.15) is 0 Å². The van der Waals surface area contributed by atoms with Crippen molar-refractivity contribution in [2.24, 2.45) is 11.8 Å². The van der Waals surface area contributed by atoms with Crippen molar-refractivity contribution in [3.05, 3.63) is 11.8 Å². The highest BCUT2D eigenvalue weighted by atomic mass is 16.5. The van der Waals surface area contributed by atoms with E-state index in [1.54, 1.807) is 7.11 Å². The monoisotopic (exact) mass is 168 g/mol. The Morgan fingerprint density at radius 2 is 2.25 bits per heavy atom. The Bertz CT molecular complexity index is 198. The lowest BCUT2D eigenvalue weighted by Gasteiger charge is -2.10. The van der Waals surface area contributed by atoms with E-state index in [0.717, 1.165) is 25.2 Å². The van der Waals surface area contributed by atoms with Crippen molar-refractivity contribution >= 4 is 0 Å². The van der Waals surface area contributed by atoms with E-state index in [-0.39, 0.29) is 6.10 Å². The van der Waals surface area contributed by atoms with Crippen molar-refractivity contribution in [2.45, 2.75) is 31.8 Å². The number of aliphatic hydroxyl groups excluding tert-OH is 1. The molecule has 0 unspecified atom stereocenters. The molecule has 2 aliphatic rings. The number of aliphatic hydroxyl groups is 1. The first-order chi connectivity index (χ1) is 5.81. The third-order valence-electron chi connectivity index (χ3n) is 3.24. The molecular formula is C10H16O2. The van der Waals surface area contributed by atoms with Gasteiger partial charge in [-0.1, -0.05) is 0 Å². The van der Waals surface area contributed by atoms with Crippen LogP contribution in [0.5, 0.6) is 0 Å². The summed E-state index contributed by atoms with van der Waals surface area (Å²) in [5.74, 6) is 1.27. The van der Waals surface area contributed by atoms with Crippen LogP contribution in [0.2, 0.25) is 0 Å². The lowest BCUT2D eigenvalue weighted by atomic mass is 9.99. The quantitative estimate of drug-likeness (QED) is 0.604.